The monoisotopic (exact) mass is 436 g/mol. The van der Waals surface area contributed by atoms with E-state index in [1.165, 1.54) is 12.8 Å². The number of rotatable bonds is 8. The van der Waals surface area contributed by atoms with Crippen LogP contribution in [0.25, 0.3) is 0 Å². The normalized spacial score (nSPS) is 15.5. The summed E-state index contributed by atoms with van der Waals surface area (Å²) in [7, 11) is 3.17. The van der Waals surface area contributed by atoms with Crippen LogP contribution in [-0.4, -0.2) is 44.7 Å². The van der Waals surface area contributed by atoms with E-state index in [1.807, 2.05) is 24.3 Å². The summed E-state index contributed by atoms with van der Waals surface area (Å²) < 4.78 is 17.0. The second-order valence-electron chi connectivity index (χ2n) is 6.55. The smallest absolute Gasteiger partial charge is 0.224 e. The Balaban J connectivity index is 1.64. The number of nitrogens with zero attached hydrogens (tertiary/aromatic N) is 1. The first-order valence-corrected chi connectivity index (χ1v) is 9.86. The van der Waals surface area contributed by atoms with Crippen molar-refractivity contribution in [2.24, 2.45) is 0 Å². The molecule has 1 aliphatic heterocycles. The van der Waals surface area contributed by atoms with Gasteiger partial charge in [-0.15, -0.1) is 0 Å². The van der Waals surface area contributed by atoms with Gasteiger partial charge < -0.3 is 19.2 Å². The average molecular weight is 437 g/mol. The summed E-state index contributed by atoms with van der Waals surface area (Å²) in [5, 5.41) is 3.06. The van der Waals surface area contributed by atoms with Gasteiger partial charge in [-0.05, 0) is 55.8 Å². The molecule has 0 bridgehead atoms. The third-order valence-corrected chi connectivity index (χ3v) is 5.59. The number of carbonyl (C=O) groups excluding carboxylic acids is 1. The van der Waals surface area contributed by atoms with Crippen molar-refractivity contribution in [2.75, 3.05) is 33.9 Å². The van der Waals surface area contributed by atoms with Crippen LogP contribution in [-0.2, 0) is 11.2 Å². The first-order valence-electron chi connectivity index (χ1n) is 9.07. The van der Waals surface area contributed by atoms with Crippen molar-refractivity contribution in [3.05, 3.63) is 46.3 Å². The highest BCUT2D eigenvalue weighted by Gasteiger charge is 2.26. The third kappa shape index (κ3) is 4.84. The molecule has 1 aromatic heterocycles. The van der Waals surface area contributed by atoms with Gasteiger partial charge in [0.25, 0.3) is 0 Å². The van der Waals surface area contributed by atoms with Gasteiger partial charge in [0.05, 0.1) is 32.9 Å². The Kier molecular flexibility index (Phi) is 6.79. The van der Waals surface area contributed by atoms with Crippen LogP contribution >= 0.6 is 15.9 Å². The van der Waals surface area contributed by atoms with Crippen LogP contribution in [0.2, 0.25) is 0 Å². The summed E-state index contributed by atoms with van der Waals surface area (Å²) in [6.45, 7) is 2.59. The number of likely N-dealkylation sites (tertiary alicyclic amines) is 1. The molecule has 1 aromatic carbocycles. The Morgan fingerprint density at radius 3 is 2.59 bits per heavy atom. The van der Waals surface area contributed by atoms with Gasteiger partial charge in [0.2, 0.25) is 5.91 Å². The van der Waals surface area contributed by atoms with Gasteiger partial charge in [-0.2, -0.15) is 0 Å². The molecule has 146 valence electrons. The van der Waals surface area contributed by atoms with Gasteiger partial charge in [0.15, 0.2) is 11.5 Å². The minimum absolute atomic E-state index is 0.0429. The SMILES string of the molecule is COc1cc(Br)c(CC(=O)NC[C@@H](c2ccco2)N2CCCC2)cc1OC. The number of methoxy groups -OCH3 is 2. The fourth-order valence-corrected chi connectivity index (χ4v) is 3.88. The lowest BCUT2D eigenvalue weighted by Gasteiger charge is -2.26. The predicted molar refractivity (Wildman–Crippen MR) is 106 cm³/mol. The number of carbonyl (C=O) groups is 1. The minimum Gasteiger partial charge on any atom is -0.493 e. The molecule has 2 aromatic rings. The maximum Gasteiger partial charge on any atom is 0.224 e. The van der Waals surface area contributed by atoms with Crippen LogP contribution in [0.15, 0.2) is 39.4 Å². The van der Waals surface area contributed by atoms with Crippen molar-refractivity contribution < 1.29 is 18.7 Å². The third-order valence-electron chi connectivity index (χ3n) is 4.85. The molecule has 1 N–H and O–H groups in total. The van der Waals surface area contributed by atoms with E-state index in [9.17, 15) is 4.79 Å². The van der Waals surface area contributed by atoms with E-state index in [2.05, 4.69) is 26.1 Å². The van der Waals surface area contributed by atoms with E-state index in [0.717, 1.165) is 28.9 Å². The van der Waals surface area contributed by atoms with E-state index in [1.54, 1.807) is 20.5 Å². The molecular formula is C20H25BrN2O4. The van der Waals surface area contributed by atoms with Crippen molar-refractivity contribution in [1.82, 2.24) is 10.2 Å². The minimum atomic E-state index is -0.0429. The van der Waals surface area contributed by atoms with Crippen LogP contribution < -0.4 is 14.8 Å². The summed E-state index contributed by atoms with van der Waals surface area (Å²) >= 11 is 3.51. The van der Waals surface area contributed by atoms with Gasteiger partial charge >= 0.3 is 0 Å². The lowest BCUT2D eigenvalue weighted by Crippen LogP contribution is -2.37. The highest BCUT2D eigenvalue weighted by Crippen LogP contribution is 2.33. The molecule has 0 spiro atoms. The van der Waals surface area contributed by atoms with Gasteiger partial charge in [-0.1, -0.05) is 15.9 Å². The van der Waals surface area contributed by atoms with Gasteiger partial charge in [-0.25, -0.2) is 0 Å². The molecule has 1 fully saturated rings. The van der Waals surface area contributed by atoms with Crippen molar-refractivity contribution in [2.45, 2.75) is 25.3 Å². The second kappa shape index (κ2) is 9.28. The van der Waals surface area contributed by atoms with Gasteiger partial charge in [0.1, 0.15) is 5.76 Å². The fourth-order valence-electron chi connectivity index (χ4n) is 3.42. The number of benzene rings is 1. The zero-order valence-electron chi connectivity index (χ0n) is 15.7. The summed E-state index contributed by atoms with van der Waals surface area (Å²) in [5.74, 6) is 2.08. The lowest BCUT2D eigenvalue weighted by atomic mass is 10.1. The van der Waals surface area contributed by atoms with Crippen LogP contribution in [0.3, 0.4) is 0 Å². The summed E-state index contributed by atoms with van der Waals surface area (Å²) in [6.07, 6.45) is 4.31. The largest absolute Gasteiger partial charge is 0.493 e. The molecular weight excluding hydrogens is 412 g/mol. The zero-order valence-corrected chi connectivity index (χ0v) is 17.3. The molecule has 7 heteroatoms. The number of amides is 1. The number of halogens is 1. The van der Waals surface area contributed by atoms with Gasteiger partial charge in [-0.3, -0.25) is 9.69 Å². The molecule has 0 radical (unpaired) electrons. The van der Waals surface area contributed by atoms with E-state index >= 15 is 0 Å². The fraction of sp³-hybridized carbons (Fsp3) is 0.450. The van der Waals surface area contributed by atoms with Crippen molar-refractivity contribution >= 4 is 21.8 Å². The Morgan fingerprint density at radius 2 is 1.96 bits per heavy atom. The Labute approximate surface area is 167 Å². The van der Waals surface area contributed by atoms with Crippen molar-refractivity contribution in [1.29, 1.82) is 0 Å². The van der Waals surface area contributed by atoms with Crippen LogP contribution in [0.1, 0.15) is 30.2 Å². The second-order valence-corrected chi connectivity index (χ2v) is 7.41. The van der Waals surface area contributed by atoms with Crippen molar-refractivity contribution in [3.63, 3.8) is 0 Å². The average Bonchev–Trinajstić information content (AvgIpc) is 3.37. The van der Waals surface area contributed by atoms with Gasteiger partial charge in [0, 0.05) is 11.0 Å². The Bertz CT molecular complexity index is 758. The maximum atomic E-state index is 12.6. The number of nitrogens with one attached hydrogen (secondary N) is 1. The topological polar surface area (TPSA) is 63.9 Å². The summed E-state index contributed by atoms with van der Waals surface area (Å²) in [5.41, 5.74) is 0.848. The highest BCUT2D eigenvalue weighted by atomic mass is 79.9. The van der Waals surface area contributed by atoms with E-state index < -0.39 is 0 Å². The first-order chi connectivity index (χ1) is 13.1. The molecule has 1 atom stereocenters. The van der Waals surface area contributed by atoms with Crippen LogP contribution in [0, 0.1) is 0 Å². The zero-order chi connectivity index (χ0) is 19.2. The molecule has 0 unspecified atom stereocenters. The van der Waals surface area contributed by atoms with Crippen molar-refractivity contribution in [3.8, 4) is 11.5 Å². The lowest BCUT2D eigenvalue weighted by molar-refractivity contribution is -0.120. The molecule has 1 amide bonds. The quantitative estimate of drug-likeness (QED) is 0.685. The molecule has 27 heavy (non-hydrogen) atoms. The van der Waals surface area contributed by atoms with Crippen LogP contribution in [0.5, 0.6) is 11.5 Å². The first kappa shape index (κ1) is 19.8. The Morgan fingerprint density at radius 1 is 1.26 bits per heavy atom. The van der Waals surface area contributed by atoms with Crippen LogP contribution in [0.4, 0.5) is 0 Å². The maximum absolute atomic E-state index is 12.6. The predicted octanol–water partition coefficient (Wildman–Crippen LogP) is 3.56. The molecule has 0 aliphatic carbocycles. The number of hydrogen-bond donors (Lipinski definition) is 1. The molecule has 1 aliphatic rings. The van der Waals surface area contributed by atoms with E-state index in [-0.39, 0.29) is 18.4 Å². The molecule has 3 rings (SSSR count). The van der Waals surface area contributed by atoms with E-state index in [4.69, 9.17) is 13.9 Å². The highest BCUT2D eigenvalue weighted by molar-refractivity contribution is 9.10. The standard InChI is InChI=1S/C20H25BrN2O4/c1-25-18-10-14(15(21)12-19(18)26-2)11-20(24)22-13-16(17-6-5-9-27-17)23-7-3-4-8-23/h5-6,9-10,12,16H,3-4,7-8,11,13H2,1-2H3,(H,22,24)/t16-/m0/s1. The number of ether oxygens (including phenoxy) is 2. The molecule has 1 saturated heterocycles. The molecule has 2 heterocycles. The number of hydrogen-bond acceptors (Lipinski definition) is 5. The van der Waals surface area contributed by atoms with E-state index in [0.29, 0.717) is 18.0 Å². The number of furan rings is 1. The molecule has 6 nitrogen and oxygen atoms in total. The molecule has 0 saturated carbocycles. The summed E-state index contributed by atoms with van der Waals surface area (Å²) in [6, 6.07) is 7.58. The Hall–Kier alpha value is -1.99. The summed E-state index contributed by atoms with van der Waals surface area (Å²) in [4.78, 5) is 14.9.